The van der Waals surface area contributed by atoms with Crippen molar-refractivity contribution in [2.24, 2.45) is 17.6 Å². The number of fused-ring (bicyclic) bond motifs is 3. The highest BCUT2D eigenvalue weighted by Crippen LogP contribution is 2.52. The number of carbonyl (C=O) groups excluding carboxylic acids is 4. The van der Waals surface area contributed by atoms with Gasteiger partial charge in [-0.3, -0.25) is 19.2 Å². The van der Waals surface area contributed by atoms with E-state index in [4.69, 9.17) is 11.5 Å². The van der Waals surface area contributed by atoms with Crippen molar-refractivity contribution in [2.45, 2.75) is 31.8 Å². The molecule has 0 unspecified atom stereocenters. The molecule has 0 saturated carbocycles. The van der Waals surface area contributed by atoms with E-state index in [0.29, 0.717) is 0 Å². The van der Waals surface area contributed by atoms with Crippen LogP contribution in [0.1, 0.15) is 46.0 Å². The van der Waals surface area contributed by atoms with Crippen molar-refractivity contribution in [1.82, 2.24) is 0 Å². The number of benzene rings is 1. The summed E-state index contributed by atoms with van der Waals surface area (Å²) < 4.78 is 0. The molecule has 1 aromatic rings. The lowest BCUT2D eigenvalue weighted by Crippen LogP contribution is -2.57. The second-order valence-corrected chi connectivity index (χ2v) is 8.18. The third-order valence-corrected chi connectivity index (χ3v) is 6.47. The molecule has 10 nitrogen and oxygen atoms in total. The number of primary amides is 1. The summed E-state index contributed by atoms with van der Waals surface area (Å²) >= 11 is 0. The lowest BCUT2D eigenvalue weighted by molar-refractivity contribution is -0.144. The van der Waals surface area contributed by atoms with Gasteiger partial charge in [0.25, 0.3) is 5.91 Å². The lowest BCUT2D eigenvalue weighted by atomic mass is 9.60. The molecule has 0 radical (unpaired) electrons. The molecule has 1 amide bonds. The molecule has 31 heavy (non-hydrogen) atoms. The van der Waals surface area contributed by atoms with Crippen LogP contribution in [0.2, 0.25) is 0 Å². The highest BCUT2D eigenvalue weighted by atomic mass is 16.3. The molecule has 0 heterocycles. The van der Waals surface area contributed by atoms with E-state index in [1.807, 2.05) is 0 Å². The van der Waals surface area contributed by atoms with E-state index in [2.05, 4.69) is 0 Å². The molecule has 0 fully saturated rings. The van der Waals surface area contributed by atoms with Gasteiger partial charge >= 0.3 is 0 Å². The number of aromatic hydroxyl groups is 1. The number of aliphatic hydroxyl groups excluding tert-OH is 2. The number of carbonyl (C=O) groups is 4. The quantitative estimate of drug-likeness (QED) is 0.166. The fourth-order valence-corrected chi connectivity index (χ4v) is 5.02. The Morgan fingerprint density at radius 3 is 2.39 bits per heavy atom. The zero-order chi connectivity index (χ0) is 23.0. The van der Waals surface area contributed by atoms with Crippen molar-refractivity contribution in [3.63, 3.8) is 0 Å². The number of phenolic OH excluding ortho intramolecular Hbond substituents is 1. The van der Waals surface area contributed by atoms with Crippen molar-refractivity contribution >= 4 is 28.9 Å². The Morgan fingerprint density at radius 2 is 1.81 bits per heavy atom. The third-order valence-electron chi connectivity index (χ3n) is 6.47. The number of allylic oxidation sites excluding steroid dienone is 2. The van der Waals surface area contributed by atoms with E-state index < -0.39 is 57.8 Å². The first kappa shape index (κ1) is 20.6. The number of Topliss-reactive ketones (excluding diaryl/α,β-unsaturated/α-hetero) is 3. The first-order chi connectivity index (χ1) is 14.4. The van der Waals surface area contributed by atoms with Crippen molar-refractivity contribution in [3.8, 4) is 5.75 Å². The predicted molar refractivity (Wildman–Crippen MR) is 105 cm³/mol. The highest BCUT2D eigenvalue weighted by molar-refractivity contribution is 6.24. The fourth-order valence-electron chi connectivity index (χ4n) is 5.02. The van der Waals surface area contributed by atoms with E-state index in [1.165, 1.54) is 13.0 Å². The number of hydrogen-bond donors (Lipinski definition) is 6. The summed E-state index contributed by atoms with van der Waals surface area (Å²) in [5, 5.41) is 42.6. The molecule has 162 valence electrons. The van der Waals surface area contributed by atoms with Gasteiger partial charge < -0.3 is 31.9 Å². The third kappa shape index (κ3) is 2.54. The van der Waals surface area contributed by atoms with Crippen LogP contribution in [0.3, 0.4) is 0 Å². The molecule has 8 N–H and O–H groups in total. The summed E-state index contributed by atoms with van der Waals surface area (Å²) in [6.07, 6.45) is -0.273. The first-order valence-electron chi connectivity index (χ1n) is 9.53. The second kappa shape index (κ2) is 6.42. The summed E-state index contributed by atoms with van der Waals surface area (Å²) in [5.74, 6) is -7.68. The monoisotopic (exact) mass is 428 g/mol. The molecule has 10 heteroatoms. The molecule has 0 aliphatic heterocycles. The second-order valence-electron chi connectivity index (χ2n) is 8.18. The minimum absolute atomic E-state index is 0.00853. The van der Waals surface area contributed by atoms with Gasteiger partial charge in [-0.25, -0.2) is 0 Å². The van der Waals surface area contributed by atoms with Crippen LogP contribution in [0.5, 0.6) is 5.75 Å². The molecule has 1 aromatic carbocycles. The zero-order valence-corrected chi connectivity index (χ0v) is 16.4. The number of hydrogen-bond acceptors (Lipinski definition) is 9. The molecular weight excluding hydrogens is 408 g/mol. The Hall–Kier alpha value is -3.66. The van der Waals surface area contributed by atoms with Gasteiger partial charge in [-0.1, -0.05) is 0 Å². The maximum absolute atomic E-state index is 13.3. The van der Waals surface area contributed by atoms with E-state index in [0.717, 1.165) is 0 Å². The van der Waals surface area contributed by atoms with Crippen molar-refractivity contribution in [1.29, 1.82) is 0 Å². The van der Waals surface area contributed by atoms with Gasteiger partial charge in [0.05, 0.1) is 11.3 Å². The Bertz CT molecular complexity index is 1180. The number of aliphatic hydroxyl groups is 3. The minimum atomic E-state index is -2.63. The van der Waals surface area contributed by atoms with Crippen LogP contribution in [0.25, 0.3) is 0 Å². The van der Waals surface area contributed by atoms with Gasteiger partial charge in [0.1, 0.15) is 22.8 Å². The SMILES string of the molecule is CC(=O)c1cc(N)c(O)c2c1C[C@H]1C[C@H]3CC(O)=C(C(N)=O)C(=O)[C@@]3(O)C(O)=C1C2=O. The number of nitrogen functional groups attached to an aromatic ring is 1. The number of amides is 1. The van der Waals surface area contributed by atoms with Crippen LogP contribution >= 0.6 is 0 Å². The largest absolute Gasteiger partial charge is 0.511 e. The molecule has 0 saturated heterocycles. The normalized spacial score (nSPS) is 27.5. The molecular formula is C21H20N2O8. The molecule has 3 atom stereocenters. The highest BCUT2D eigenvalue weighted by Gasteiger charge is 2.59. The summed E-state index contributed by atoms with van der Waals surface area (Å²) in [4.78, 5) is 49.9. The molecule has 0 spiro atoms. The number of phenols is 1. The number of nitrogens with two attached hydrogens (primary N) is 2. The van der Waals surface area contributed by atoms with Crippen molar-refractivity contribution in [2.75, 3.05) is 5.73 Å². The molecule has 0 bridgehead atoms. The minimum Gasteiger partial charge on any atom is -0.511 e. The van der Waals surface area contributed by atoms with E-state index >= 15 is 0 Å². The summed E-state index contributed by atoms with van der Waals surface area (Å²) in [7, 11) is 0. The van der Waals surface area contributed by atoms with Crippen LogP contribution in [0, 0.1) is 11.8 Å². The molecule has 4 rings (SSSR count). The van der Waals surface area contributed by atoms with Gasteiger partial charge in [0, 0.05) is 23.5 Å². The smallest absolute Gasteiger partial charge is 0.255 e. The number of ketones is 3. The standard InChI is InChI=1S/C21H20N2O8/c1-6(24)9-5-11(22)16(26)14-10(9)3-7-2-8-4-12(25)15(20(23)30)19(29)21(8,31)18(28)13(7)17(14)27/h5,7-8,25-26,28,31H,2-4,22H2,1H3,(H2,23,30)/t7-,8+,21+/m1/s1. The topological polar surface area (TPSA) is 201 Å². The van der Waals surface area contributed by atoms with Gasteiger partial charge in [0.2, 0.25) is 5.78 Å². The summed E-state index contributed by atoms with van der Waals surface area (Å²) in [6, 6.07) is 1.27. The fraction of sp³-hybridized carbons (Fsp3) is 0.333. The average Bonchev–Trinajstić information content (AvgIpc) is 2.66. The average molecular weight is 428 g/mol. The van der Waals surface area contributed by atoms with Crippen molar-refractivity contribution < 1.29 is 39.6 Å². The van der Waals surface area contributed by atoms with Crippen LogP contribution in [0.4, 0.5) is 5.69 Å². The van der Waals surface area contributed by atoms with E-state index in [1.54, 1.807) is 0 Å². The van der Waals surface area contributed by atoms with Crippen LogP contribution in [-0.2, 0) is 16.0 Å². The van der Waals surface area contributed by atoms with Gasteiger partial charge in [-0.05, 0) is 37.3 Å². The Balaban J connectivity index is 1.95. The van der Waals surface area contributed by atoms with Crippen LogP contribution < -0.4 is 11.5 Å². The van der Waals surface area contributed by atoms with Gasteiger partial charge in [-0.2, -0.15) is 0 Å². The Kier molecular flexibility index (Phi) is 4.27. The number of rotatable bonds is 2. The van der Waals surface area contributed by atoms with Crippen molar-refractivity contribution in [3.05, 3.63) is 45.4 Å². The maximum atomic E-state index is 13.3. The lowest BCUT2D eigenvalue weighted by Gasteiger charge is -2.45. The van der Waals surface area contributed by atoms with Gasteiger partial charge in [-0.15, -0.1) is 0 Å². The van der Waals surface area contributed by atoms with E-state index in [9.17, 15) is 39.6 Å². The summed E-state index contributed by atoms with van der Waals surface area (Å²) in [6.45, 7) is 1.28. The Labute approximate surface area is 175 Å². The molecule has 3 aliphatic rings. The predicted octanol–water partition coefficient (Wildman–Crippen LogP) is 0.365. The molecule has 3 aliphatic carbocycles. The number of anilines is 1. The molecule has 0 aromatic heterocycles. The van der Waals surface area contributed by atoms with Crippen LogP contribution in [0.15, 0.2) is 28.7 Å². The van der Waals surface area contributed by atoms with Crippen LogP contribution in [-0.4, -0.2) is 49.3 Å². The summed E-state index contributed by atoms with van der Waals surface area (Å²) in [5.41, 5.74) is 7.05. The first-order valence-corrected chi connectivity index (χ1v) is 9.53. The van der Waals surface area contributed by atoms with Gasteiger partial charge in [0.15, 0.2) is 17.2 Å². The maximum Gasteiger partial charge on any atom is 0.255 e. The zero-order valence-electron chi connectivity index (χ0n) is 16.4. The Morgan fingerprint density at radius 1 is 1.16 bits per heavy atom. The van der Waals surface area contributed by atoms with E-state index in [-0.39, 0.29) is 53.0 Å².